The molecule has 0 amide bonds. The van der Waals surface area contributed by atoms with Crippen LogP contribution in [0.15, 0.2) is 23.5 Å². The Kier molecular flexibility index (Phi) is 3.37. The Labute approximate surface area is 110 Å². The minimum Gasteiger partial charge on any atom is -0.437 e. The van der Waals surface area contributed by atoms with Gasteiger partial charge in [0.2, 0.25) is 5.88 Å². The van der Waals surface area contributed by atoms with Gasteiger partial charge < -0.3 is 15.7 Å². The van der Waals surface area contributed by atoms with Crippen LogP contribution in [0.2, 0.25) is 0 Å². The number of ether oxygens (including phenoxy) is 1. The molecule has 0 radical (unpaired) electrons. The van der Waals surface area contributed by atoms with Gasteiger partial charge in [0.05, 0.1) is 11.4 Å². The Morgan fingerprint density at radius 3 is 2.79 bits per heavy atom. The van der Waals surface area contributed by atoms with Crippen molar-refractivity contribution in [3.63, 3.8) is 0 Å². The van der Waals surface area contributed by atoms with Gasteiger partial charge in [0.1, 0.15) is 5.56 Å². The Hall–Kier alpha value is -2.57. The van der Waals surface area contributed by atoms with E-state index in [1.165, 1.54) is 4.68 Å². The van der Waals surface area contributed by atoms with Gasteiger partial charge in [-0.25, -0.2) is 4.68 Å². The van der Waals surface area contributed by atoms with Crippen molar-refractivity contribution < 1.29 is 9.94 Å². The van der Waals surface area contributed by atoms with Gasteiger partial charge in [-0.3, -0.25) is 4.98 Å². The van der Waals surface area contributed by atoms with E-state index in [0.717, 1.165) is 5.69 Å². The van der Waals surface area contributed by atoms with Crippen LogP contribution in [0.3, 0.4) is 0 Å². The fraction of sp³-hybridized carbons (Fsp3) is 0.250. The van der Waals surface area contributed by atoms with E-state index >= 15 is 0 Å². The molecule has 100 valence electrons. The van der Waals surface area contributed by atoms with Gasteiger partial charge in [-0.05, 0) is 26.0 Å². The van der Waals surface area contributed by atoms with E-state index in [9.17, 15) is 0 Å². The first-order valence-corrected chi connectivity index (χ1v) is 5.65. The molecule has 0 saturated carbocycles. The van der Waals surface area contributed by atoms with Gasteiger partial charge in [-0.2, -0.15) is 5.10 Å². The summed E-state index contributed by atoms with van der Waals surface area (Å²) in [7, 11) is 1.72. The lowest BCUT2D eigenvalue weighted by molar-refractivity contribution is 0.318. The zero-order chi connectivity index (χ0) is 14.0. The molecule has 19 heavy (non-hydrogen) atoms. The number of aryl methyl sites for hydroxylation is 3. The summed E-state index contributed by atoms with van der Waals surface area (Å²) in [5.74, 6) is 0.962. The number of oxime groups is 1. The van der Waals surface area contributed by atoms with Gasteiger partial charge in [0.15, 0.2) is 11.6 Å². The average molecular weight is 261 g/mol. The first kappa shape index (κ1) is 12.9. The van der Waals surface area contributed by atoms with Crippen molar-refractivity contribution in [1.29, 1.82) is 0 Å². The summed E-state index contributed by atoms with van der Waals surface area (Å²) in [5, 5.41) is 16.0. The summed E-state index contributed by atoms with van der Waals surface area (Å²) in [4.78, 5) is 4.14. The minimum absolute atomic E-state index is 0.0397. The van der Waals surface area contributed by atoms with E-state index in [0.29, 0.717) is 22.9 Å². The minimum atomic E-state index is -0.0397. The van der Waals surface area contributed by atoms with Crippen molar-refractivity contribution in [2.24, 2.45) is 17.9 Å². The number of hydrogen-bond acceptors (Lipinski definition) is 5. The highest BCUT2D eigenvalue weighted by Gasteiger charge is 2.19. The van der Waals surface area contributed by atoms with Crippen molar-refractivity contribution >= 4 is 5.84 Å². The summed E-state index contributed by atoms with van der Waals surface area (Å²) in [6.07, 6.45) is 1.68. The fourth-order valence-corrected chi connectivity index (χ4v) is 1.78. The first-order chi connectivity index (χ1) is 9.04. The van der Waals surface area contributed by atoms with E-state index in [2.05, 4.69) is 15.2 Å². The normalized spacial score (nSPS) is 11.6. The lowest BCUT2D eigenvalue weighted by atomic mass is 10.2. The number of pyridine rings is 1. The van der Waals surface area contributed by atoms with Gasteiger partial charge in [-0.15, -0.1) is 0 Å². The molecule has 0 atom stereocenters. The summed E-state index contributed by atoms with van der Waals surface area (Å²) in [5.41, 5.74) is 7.48. The molecular weight excluding hydrogens is 246 g/mol. The molecule has 0 aromatic carbocycles. The van der Waals surface area contributed by atoms with E-state index in [1.807, 2.05) is 6.92 Å². The third kappa shape index (κ3) is 2.35. The molecule has 0 aliphatic rings. The van der Waals surface area contributed by atoms with Crippen LogP contribution in [0.1, 0.15) is 17.0 Å². The molecule has 3 N–H and O–H groups in total. The maximum atomic E-state index is 8.83. The SMILES string of the molecule is Cc1ncccc1Oc1c(C(N)=NO)c(C)nn1C. The molecule has 2 heterocycles. The number of nitrogens with zero attached hydrogens (tertiary/aromatic N) is 4. The maximum absolute atomic E-state index is 8.83. The first-order valence-electron chi connectivity index (χ1n) is 5.65. The highest BCUT2D eigenvalue weighted by Crippen LogP contribution is 2.28. The zero-order valence-electron chi connectivity index (χ0n) is 11.0. The average Bonchev–Trinajstić information content (AvgIpc) is 2.66. The Balaban J connectivity index is 2.49. The van der Waals surface area contributed by atoms with Gasteiger partial charge in [0, 0.05) is 13.2 Å². The second-order valence-electron chi connectivity index (χ2n) is 4.06. The van der Waals surface area contributed by atoms with Crippen molar-refractivity contribution in [3.8, 4) is 11.6 Å². The van der Waals surface area contributed by atoms with Crippen molar-refractivity contribution in [1.82, 2.24) is 14.8 Å². The quantitative estimate of drug-likeness (QED) is 0.376. The van der Waals surface area contributed by atoms with Crippen molar-refractivity contribution in [2.45, 2.75) is 13.8 Å². The molecule has 2 aromatic heterocycles. The van der Waals surface area contributed by atoms with Crippen LogP contribution in [0, 0.1) is 13.8 Å². The van der Waals surface area contributed by atoms with Crippen LogP contribution in [0.25, 0.3) is 0 Å². The molecule has 0 saturated heterocycles. The molecule has 2 rings (SSSR count). The van der Waals surface area contributed by atoms with Crippen molar-refractivity contribution in [2.75, 3.05) is 0 Å². The van der Waals surface area contributed by atoms with Crippen LogP contribution in [-0.2, 0) is 7.05 Å². The molecular formula is C12H15N5O2. The molecule has 0 unspecified atom stereocenters. The second-order valence-corrected chi connectivity index (χ2v) is 4.06. The molecule has 0 fully saturated rings. The second kappa shape index (κ2) is 4.97. The third-order valence-corrected chi connectivity index (χ3v) is 2.70. The standard InChI is InChI=1S/C12H15N5O2/c1-7-9(5-4-6-14-7)19-12-10(11(13)16-18)8(2)15-17(12)3/h4-6,18H,1-3H3,(H2,13,16). The van der Waals surface area contributed by atoms with E-state index < -0.39 is 0 Å². The summed E-state index contributed by atoms with van der Waals surface area (Å²) in [6, 6.07) is 3.56. The predicted molar refractivity (Wildman–Crippen MR) is 69.5 cm³/mol. The van der Waals surface area contributed by atoms with Gasteiger partial charge >= 0.3 is 0 Å². The number of hydrogen-bond donors (Lipinski definition) is 2. The molecule has 0 bridgehead atoms. The zero-order valence-corrected chi connectivity index (χ0v) is 11.0. The van der Waals surface area contributed by atoms with E-state index in [4.69, 9.17) is 15.7 Å². The van der Waals surface area contributed by atoms with Crippen LogP contribution in [0.4, 0.5) is 0 Å². The number of nitrogens with two attached hydrogens (primary N) is 1. The smallest absolute Gasteiger partial charge is 0.229 e. The highest BCUT2D eigenvalue weighted by molar-refractivity contribution is 6.00. The lowest BCUT2D eigenvalue weighted by Crippen LogP contribution is -2.15. The summed E-state index contributed by atoms with van der Waals surface area (Å²) in [6.45, 7) is 3.60. The van der Waals surface area contributed by atoms with E-state index in [-0.39, 0.29) is 5.84 Å². The monoisotopic (exact) mass is 261 g/mol. The molecule has 0 spiro atoms. The molecule has 7 nitrogen and oxygen atoms in total. The third-order valence-electron chi connectivity index (χ3n) is 2.70. The van der Waals surface area contributed by atoms with Crippen molar-refractivity contribution in [3.05, 3.63) is 35.3 Å². The fourth-order valence-electron chi connectivity index (χ4n) is 1.78. The molecule has 7 heteroatoms. The Morgan fingerprint density at radius 1 is 1.42 bits per heavy atom. The largest absolute Gasteiger partial charge is 0.437 e. The summed E-state index contributed by atoms with van der Waals surface area (Å²) >= 11 is 0. The topological polar surface area (TPSA) is 98.6 Å². The molecule has 0 aliphatic heterocycles. The van der Waals surface area contributed by atoms with Crippen LogP contribution >= 0.6 is 0 Å². The number of aromatic nitrogens is 3. The van der Waals surface area contributed by atoms with Crippen LogP contribution in [0.5, 0.6) is 11.6 Å². The number of rotatable bonds is 3. The predicted octanol–water partition coefficient (Wildman–Crippen LogP) is 1.32. The van der Waals surface area contributed by atoms with Gasteiger partial charge in [0.25, 0.3) is 0 Å². The van der Waals surface area contributed by atoms with Gasteiger partial charge in [-0.1, -0.05) is 5.16 Å². The van der Waals surface area contributed by atoms with Crippen LogP contribution in [-0.4, -0.2) is 25.8 Å². The Morgan fingerprint density at radius 2 is 2.16 bits per heavy atom. The summed E-state index contributed by atoms with van der Waals surface area (Å²) < 4.78 is 7.32. The molecule has 0 aliphatic carbocycles. The lowest BCUT2D eigenvalue weighted by Gasteiger charge is -2.09. The highest BCUT2D eigenvalue weighted by atomic mass is 16.5. The maximum Gasteiger partial charge on any atom is 0.229 e. The molecule has 2 aromatic rings. The number of amidine groups is 1. The van der Waals surface area contributed by atoms with Crippen LogP contribution < -0.4 is 10.5 Å². The Bertz CT molecular complexity index is 633. The van der Waals surface area contributed by atoms with E-state index in [1.54, 1.807) is 32.3 Å².